The van der Waals surface area contributed by atoms with Crippen molar-refractivity contribution in [2.45, 2.75) is 39.2 Å². The van der Waals surface area contributed by atoms with E-state index in [1.54, 1.807) is 0 Å². The number of hydrogen-bond acceptors (Lipinski definition) is 6. The van der Waals surface area contributed by atoms with Crippen molar-refractivity contribution < 1.29 is 9.59 Å². The first-order chi connectivity index (χ1) is 12.5. The first kappa shape index (κ1) is 19.3. The normalized spacial score (nSPS) is 22.4. The van der Waals surface area contributed by atoms with Gasteiger partial charge in [-0.3, -0.25) is 19.4 Å². The number of aromatic nitrogens is 1. The summed E-state index contributed by atoms with van der Waals surface area (Å²) >= 11 is 1.45. The van der Waals surface area contributed by atoms with Crippen LogP contribution in [0.15, 0.2) is 5.38 Å². The van der Waals surface area contributed by atoms with Crippen molar-refractivity contribution in [3.8, 4) is 0 Å². The molecule has 0 radical (unpaired) electrons. The zero-order valence-electron chi connectivity index (χ0n) is 15.7. The molecule has 2 aliphatic heterocycles. The number of aryl methyl sites for hydroxylation is 1. The fraction of sp³-hybridized carbons (Fsp3) is 0.722. The standard InChI is InChI=1S/C18H29N5O2S/c1-14-13-26-18(19-14)20-16(24)11-21-7-9-22(10-8-21)12-17(25)23-6-4-3-5-15(23)2/h13,15H,3-12H2,1-2H3,(H,19,20,24)/t15-/m1/s1. The number of nitrogens with one attached hydrogen (secondary N) is 1. The number of piperidine rings is 1. The van der Waals surface area contributed by atoms with E-state index in [0.29, 0.717) is 24.3 Å². The lowest BCUT2D eigenvalue weighted by molar-refractivity contribution is -0.136. The van der Waals surface area contributed by atoms with Gasteiger partial charge in [0.15, 0.2) is 5.13 Å². The van der Waals surface area contributed by atoms with E-state index in [9.17, 15) is 9.59 Å². The number of anilines is 1. The lowest BCUT2D eigenvalue weighted by atomic mass is 10.0. The molecule has 0 aliphatic carbocycles. The van der Waals surface area contributed by atoms with Crippen LogP contribution in [0.1, 0.15) is 31.9 Å². The Kier molecular flexibility index (Phi) is 6.61. The Labute approximate surface area is 159 Å². The van der Waals surface area contributed by atoms with Gasteiger partial charge in [-0.15, -0.1) is 11.3 Å². The van der Waals surface area contributed by atoms with Gasteiger partial charge in [-0.1, -0.05) is 0 Å². The average Bonchev–Trinajstić information content (AvgIpc) is 3.01. The Hall–Kier alpha value is -1.51. The predicted octanol–water partition coefficient (Wildman–Crippen LogP) is 1.41. The lowest BCUT2D eigenvalue weighted by Gasteiger charge is -2.37. The first-order valence-electron chi connectivity index (χ1n) is 9.47. The summed E-state index contributed by atoms with van der Waals surface area (Å²) in [4.78, 5) is 35.3. The second-order valence-corrected chi connectivity index (χ2v) is 8.18. The van der Waals surface area contributed by atoms with Crippen LogP contribution in [0.2, 0.25) is 0 Å². The Morgan fingerprint density at radius 2 is 1.85 bits per heavy atom. The van der Waals surface area contributed by atoms with Crippen LogP contribution in [0.4, 0.5) is 5.13 Å². The maximum Gasteiger partial charge on any atom is 0.240 e. The van der Waals surface area contributed by atoms with E-state index in [2.05, 4.69) is 27.0 Å². The highest BCUT2D eigenvalue weighted by Gasteiger charge is 2.26. The van der Waals surface area contributed by atoms with Gasteiger partial charge in [0.2, 0.25) is 11.8 Å². The lowest BCUT2D eigenvalue weighted by Crippen LogP contribution is -2.53. The summed E-state index contributed by atoms with van der Waals surface area (Å²) in [5.74, 6) is 0.230. The number of likely N-dealkylation sites (tertiary alicyclic amines) is 1. The van der Waals surface area contributed by atoms with E-state index in [0.717, 1.165) is 51.3 Å². The summed E-state index contributed by atoms with van der Waals surface area (Å²) in [6, 6.07) is 0.371. The number of piperazine rings is 1. The van der Waals surface area contributed by atoms with Crippen LogP contribution < -0.4 is 5.32 Å². The quantitative estimate of drug-likeness (QED) is 0.838. The summed E-state index contributed by atoms with van der Waals surface area (Å²) in [5, 5.41) is 5.44. The van der Waals surface area contributed by atoms with Gasteiger partial charge in [0.05, 0.1) is 18.8 Å². The number of carbonyl (C=O) groups is 2. The second-order valence-electron chi connectivity index (χ2n) is 7.33. The van der Waals surface area contributed by atoms with E-state index in [-0.39, 0.29) is 11.8 Å². The summed E-state index contributed by atoms with van der Waals surface area (Å²) in [6.45, 7) is 9.13. The third kappa shape index (κ3) is 5.25. The zero-order valence-corrected chi connectivity index (χ0v) is 16.6. The molecule has 1 aromatic heterocycles. The van der Waals surface area contributed by atoms with Crippen LogP contribution in [0, 0.1) is 6.92 Å². The molecule has 3 rings (SSSR count). The van der Waals surface area contributed by atoms with E-state index < -0.39 is 0 Å². The highest BCUT2D eigenvalue weighted by atomic mass is 32.1. The second kappa shape index (κ2) is 8.92. The fourth-order valence-electron chi connectivity index (χ4n) is 3.63. The minimum absolute atomic E-state index is 0.0222. The monoisotopic (exact) mass is 379 g/mol. The highest BCUT2D eigenvalue weighted by molar-refractivity contribution is 7.13. The maximum atomic E-state index is 12.5. The smallest absolute Gasteiger partial charge is 0.240 e. The maximum absolute atomic E-state index is 12.5. The molecule has 1 N–H and O–H groups in total. The zero-order chi connectivity index (χ0) is 18.5. The molecule has 1 aromatic rings. The molecule has 1 atom stereocenters. The van der Waals surface area contributed by atoms with Crippen LogP contribution in [-0.2, 0) is 9.59 Å². The van der Waals surface area contributed by atoms with Crippen molar-refractivity contribution in [2.75, 3.05) is 51.1 Å². The van der Waals surface area contributed by atoms with Gasteiger partial charge in [-0.05, 0) is 33.1 Å². The van der Waals surface area contributed by atoms with Gasteiger partial charge >= 0.3 is 0 Å². The van der Waals surface area contributed by atoms with Crippen LogP contribution in [-0.4, -0.2) is 83.4 Å². The van der Waals surface area contributed by atoms with Crippen molar-refractivity contribution in [1.29, 1.82) is 0 Å². The molecule has 0 saturated carbocycles. The number of hydrogen-bond donors (Lipinski definition) is 1. The predicted molar refractivity (Wildman–Crippen MR) is 103 cm³/mol. The van der Waals surface area contributed by atoms with Crippen molar-refractivity contribution in [2.24, 2.45) is 0 Å². The SMILES string of the molecule is Cc1csc(NC(=O)CN2CCN(CC(=O)N3CCCC[C@H]3C)CC2)n1. The van der Waals surface area contributed by atoms with E-state index >= 15 is 0 Å². The van der Waals surface area contributed by atoms with Crippen molar-refractivity contribution in [1.82, 2.24) is 19.7 Å². The Morgan fingerprint density at radius 3 is 2.46 bits per heavy atom. The number of thiazole rings is 1. The number of amides is 2. The Bertz CT molecular complexity index is 627. The van der Waals surface area contributed by atoms with Gasteiger partial charge in [0, 0.05) is 44.1 Å². The van der Waals surface area contributed by atoms with Crippen LogP contribution in [0.25, 0.3) is 0 Å². The van der Waals surface area contributed by atoms with E-state index in [1.165, 1.54) is 17.8 Å². The van der Waals surface area contributed by atoms with Gasteiger partial charge < -0.3 is 10.2 Å². The van der Waals surface area contributed by atoms with E-state index in [4.69, 9.17) is 0 Å². The van der Waals surface area contributed by atoms with Gasteiger partial charge in [0.1, 0.15) is 0 Å². The summed E-state index contributed by atoms with van der Waals surface area (Å²) in [7, 11) is 0. The first-order valence-corrected chi connectivity index (χ1v) is 10.4. The van der Waals surface area contributed by atoms with E-state index in [1.807, 2.05) is 17.2 Å². The Balaban J connectivity index is 1.38. The molecule has 3 heterocycles. The van der Waals surface area contributed by atoms with Gasteiger partial charge in [-0.25, -0.2) is 4.98 Å². The average molecular weight is 380 g/mol. The molecule has 0 aromatic carbocycles. The van der Waals surface area contributed by atoms with Crippen LogP contribution in [0.5, 0.6) is 0 Å². The topological polar surface area (TPSA) is 68.8 Å². The summed E-state index contributed by atoms with van der Waals surface area (Å²) < 4.78 is 0. The summed E-state index contributed by atoms with van der Waals surface area (Å²) in [6.07, 6.45) is 3.47. The minimum atomic E-state index is -0.0222. The largest absolute Gasteiger partial charge is 0.339 e. The van der Waals surface area contributed by atoms with Crippen LogP contribution >= 0.6 is 11.3 Å². The highest BCUT2D eigenvalue weighted by Crippen LogP contribution is 2.17. The molecular weight excluding hydrogens is 350 g/mol. The molecule has 0 spiro atoms. The van der Waals surface area contributed by atoms with Gasteiger partial charge in [-0.2, -0.15) is 0 Å². The van der Waals surface area contributed by atoms with Crippen molar-refractivity contribution >= 4 is 28.3 Å². The molecule has 2 saturated heterocycles. The molecule has 144 valence electrons. The molecule has 0 unspecified atom stereocenters. The van der Waals surface area contributed by atoms with Crippen molar-refractivity contribution in [3.05, 3.63) is 11.1 Å². The minimum Gasteiger partial charge on any atom is -0.339 e. The molecule has 26 heavy (non-hydrogen) atoms. The molecule has 2 amide bonds. The third-order valence-corrected chi connectivity index (χ3v) is 6.06. The Morgan fingerprint density at radius 1 is 1.15 bits per heavy atom. The third-order valence-electron chi connectivity index (χ3n) is 5.18. The molecule has 7 nitrogen and oxygen atoms in total. The number of rotatable bonds is 5. The molecule has 0 bridgehead atoms. The molecule has 2 fully saturated rings. The summed E-state index contributed by atoms with van der Waals surface area (Å²) in [5.41, 5.74) is 0.923. The number of carbonyl (C=O) groups excluding carboxylic acids is 2. The number of nitrogens with zero attached hydrogens (tertiary/aromatic N) is 4. The molecular formula is C18H29N5O2S. The van der Waals surface area contributed by atoms with Crippen LogP contribution in [0.3, 0.4) is 0 Å². The molecule has 8 heteroatoms. The fourth-order valence-corrected chi connectivity index (χ4v) is 4.33. The van der Waals surface area contributed by atoms with Crippen molar-refractivity contribution in [3.63, 3.8) is 0 Å². The van der Waals surface area contributed by atoms with Gasteiger partial charge in [0.25, 0.3) is 0 Å². The molecule has 2 aliphatic rings.